The summed E-state index contributed by atoms with van der Waals surface area (Å²) in [6.45, 7) is 3.75. The van der Waals surface area contributed by atoms with Crippen LogP contribution >= 0.6 is 0 Å². The average molecular weight is 395 g/mol. The second-order valence-electron chi connectivity index (χ2n) is 6.85. The zero-order valence-corrected chi connectivity index (χ0v) is 16.2. The Bertz CT molecular complexity index is 1120. The Kier molecular flexibility index (Phi) is 4.66. The fourth-order valence-electron chi connectivity index (χ4n) is 3.59. The number of nitrogens with zero attached hydrogens (tertiary/aromatic N) is 3. The van der Waals surface area contributed by atoms with Crippen molar-refractivity contribution < 1.29 is 18.3 Å². The molecule has 2 heterocycles. The van der Waals surface area contributed by atoms with Gasteiger partial charge in [0.25, 0.3) is 5.91 Å². The van der Waals surface area contributed by atoms with Crippen LogP contribution in [0.5, 0.6) is 5.88 Å². The van der Waals surface area contributed by atoms with Gasteiger partial charge in [-0.1, -0.05) is 0 Å². The number of benzene rings is 2. The summed E-state index contributed by atoms with van der Waals surface area (Å²) in [4.78, 5) is 21.0. The zero-order chi connectivity index (χ0) is 20.7. The van der Waals surface area contributed by atoms with Crippen LogP contribution in [-0.2, 0) is 0 Å². The molecule has 0 N–H and O–H groups in total. The zero-order valence-electron chi connectivity index (χ0n) is 16.2. The van der Waals surface area contributed by atoms with E-state index in [0.29, 0.717) is 28.5 Å². The van der Waals surface area contributed by atoms with Crippen LogP contribution in [0, 0.1) is 25.5 Å². The van der Waals surface area contributed by atoms with Crippen LogP contribution in [0.15, 0.2) is 48.5 Å². The number of pyridine rings is 1. The molecule has 0 saturated carbocycles. The number of amides is 1. The summed E-state index contributed by atoms with van der Waals surface area (Å²) in [5, 5.41) is 0. The normalized spacial score (nSPS) is 13.5. The van der Waals surface area contributed by atoms with Crippen molar-refractivity contribution in [2.24, 2.45) is 0 Å². The van der Waals surface area contributed by atoms with Crippen molar-refractivity contribution in [2.45, 2.75) is 13.8 Å². The van der Waals surface area contributed by atoms with Gasteiger partial charge in [0, 0.05) is 11.8 Å². The standard InChI is InChI=1S/C22H19F2N3O2/c1-13-10-15(23)4-6-18(13)26-12-27(19-8-9-21(29-3)25-14(19)2)22(28)17-11-16(24)5-7-20(17)26/h4-11H,12H2,1-3H3. The van der Waals surface area contributed by atoms with Gasteiger partial charge in [0.2, 0.25) is 5.88 Å². The summed E-state index contributed by atoms with van der Waals surface area (Å²) in [7, 11) is 1.52. The molecule has 7 heteroatoms. The van der Waals surface area contributed by atoms with E-state index in [9.17, 15) is 13.6 Å². The van der Waals surface area contributed by atoms with Crippen molar-refractivity contribution in [3.8, 4) is 5.88 Å². The number of ether oxygens (including phenoxy) is 1. The topological polar surface area (TPSA) is 45.7 Å². The van der Waals surface area contributed by atoms with E-state index in [2.05, 4.69) is 4.98 Å². The van der Waals surface area contributed by atoms with Crippen LogP contribution in [-0.4, -0.2) is 24.7 Å². The van der Waals surface area contributed by atoms with E-state index in [1.807, 2.05) is 4.90 Å². The molecule has 0 fully saturated rings. The Balaban J connectivity index is 1.87. The number of fused-ring (bicyclic) bond motifs is 1. The van der Waals surface area contributed by atoms with Gasteiger partial charge in [-0.3, -0.25) is 9.69 Å². The van der Waals surface area contributed by atoms with Gasteiger partial charge in [0.1, 0.15) is 18.3 Å². The van der Waals surface area contributed by atoms with Crippen LogP contribution in [0.2, 0.25) is 0 Å². The highest BCUT2D eigenvalue weighted by Crippen LogP contribution is 2.38. The molecule has 3 aromatic rings. The third kappa shape index (κ3) is 3.29. The van der Waals surface area contributed by atoms with Crippen LogP contribution in [0.1, 0.15) is 21.6 Å². The highest BCUT2D eigenvalue weighted by molar-refractivity contribution is 6.12. The molecule has 0 saturated heterocycles. The Hall–Kier alpha value is -3.48. The van der Waals surface area contributed by atoms with E-state index in [0.717, 1.165) is 5.69 Å². The predicted octanol–water partition coefficient (Wildman–Crippen LogP) is 4.74. The van der Waals surface area contributed by atoms with Crippen molar-refractivity contribution >= 4 is 23.0 Å². The molecule has 0 bridgehead atoms. The molecule has 5 nitrogen and oxygen atoms in total. The molecule has 29 heavy (non-hydrogen) atoms. The molecule has 1 aliphatic heterocycles. The second kappa shape index (κ2) is 7.16. The van der Waals surface area contributed by atoms with Gasteiger partial charge in [0.05, 0.1) is 29.7 Å². The van der Waals surface area contributed by atoms with Crippen molar-refractivity contribution in [3.63, 3.8) is 0 Å². The summed E-state index contributed by atoms with van der Waals surface area (Å²) in [5.74, 6) is -0.732. The molecule has 1 aromatic heterocycles. The van der Waals surface area contributed by atoms with E-state index in [1.54, 1.807) is 38.1 Å². The molecule has 1 aliphatic rings. The fraction of sp³-hybridized carbons (Fsp3) is 0.182. The van der Waals surface area contributed by atoms with Crippen molar-refractivity contribution in [2.75, 3.05) is 23.6 Å². The molecular formula is C22H19F2N3O2. The molecule has 0 aliphatic carbocycles. The molecular weight excluding hydrogens is 376 g/mol. The maximum Gasteiger partial charge on any atom is 0.262 e. The van der Waals surface area contributed by atoms with Crippen molar-refractivity contribution in [1.29, 1.82) is 0 Å². The van der Waals surface area contributed by atoms with Gasteiger partial charge >= 0.3 is 0 Å². The number of carbonyl (C=O) groups is 1. The number of aryl methyl sites for hydroxylation is 2. The highest BCUT2D eigenvalue weighted by atomic mass is 19.1. The molecule has 4 rings (SSSR count). The molecule has 0 atom stereocenters. The lowest BCUT2D eigenvalue weighted by atomic mass is 10.0. The monoisotopic (exact) mass is 395 g/mol. The van der Waals surface area contributed by atoms with Crippen molar-refractivity contribution in [3.05, 3.63) is 77.0 Å². The summed E-state index contributed by atoms with van der Waals surface area (Å²) in [5.41, 5.74) is 3.44. The first-order valence-corrected chi connectivity index (χ1v) is 9.06. The van der Waals surface area contributed by atoms with Crippen LogP contribution in [0.25, 0.3) is 0 Å². The Morgan fingerprint density at radius 1 is 0.897 bits per heavy atom. The average Bonchev–Trinajstić information content (AvgIpc) is 2.69. The largest absolute Gasteiger partial charge is 0.481 e. The molecule has 1 amide bonds. The SMILES string of the molecule is COc1ccc(N2CN(c3ccc(F)cc3C)c3ccc(F)cc3C2=O)c(C)n1. The van der Waals surface area contributed by atoms with Gasteiger partial charge in [-0.25, -0.2) is 13.8 Å². The van der Waals surface area contributed by atoms with Gasteiger partial charge in [-0.15, -0.1) is 0 Å². The number of carbonyl (C=O) groups excluding carboxylic acids is 1. The summed E-state index contributed by atoms with van der Waals surface area (Å²) < 4.78 is 32.8. The molecule has 0 spiro atoms. The van der Waals surface area contributed by atoms with E-state index in [1.165, 1.54) is 36.3 Å². The van der Waals surface area contributed by atoms with Gasteiger partial charge < -0.3 is 9.64 Å². The first kappa shape index (κ1) is 18.9. The number of rotatable bonds is 3. The molecule has 148 valence electrons. The lowest BCUT2D eigenvalue weighted by Gasteiger charge is -2.39. The van der Waals surface area contributed by atoms with Gasteiger partial charge in [-0.2, -0.15) is 0 Å². The third-order valence-corrected chi connectivity index (χ3v) is 4.99. The summed E-state index contributed by atoms with van der Waals surface area (Å²) in [6, 6.07) is 12.0. The van der Waals surface area contributed by atoms with Crippen LogP contribution < -0.4 is 14.5 Å². The first-order valence-electron chi connectivity index (χ1n) is 9.06. The Morgan fingerprint density at radius 3 is 2.21 bits per heavy atom. The fourth-order valence-corrected chi connectivity index (χ4v) is 3.59. The van der Waals surface area contributed by atoms with E-state index in [-0.39, 0.29) is 24.0 Å². The number of anilines is 3. The lowest BCUT2D eigenvalue weighted by Crippen LogP contribution is -2.45. The maximum atomic E-state index is 14.0. The number of methoxy groups -OCH3 is 1. The first-order chi connectivity index (χ1) is 13.9. The minimum absolute atomic E-state index is 0.179. The minimum atomic E-state index is -0.501. The summed E-state index contributed by atoms with van der Waals surface area (Å²) >= 11 is 0. The van der Waals surface area contributed by atoms with E-state index < -0.39 is 5.82 Å². The second-order valence-corrected chi connectivity index (χ2v) is 6.85. The van der Waals surface area contributed by atoms with E-state index >= 15 is 0 Å². The smallest absolute Gasteiger partial charge is 0.262 e. The highest BCUT2D eigenvalue weighted by Gasteiger charge is 2.33. The number of halogens is 2. The summed E-state index contributed by atoms with van der Waals surface area (Å²) in [6.07, 6.45) is 0. The van der Waals surface area contributed by atoms with Gasteiger partial charge in [0.15, 0.2) is 0 Å². The lowest BCUT2D eigenvalue weighted by molar-refractivity contribution is 0.0982. The molecule has 2 aromatic carbocycles. The number of hydrogen-bond acceptors (Lipinski definition) is 4. The van der Waals surface area contributed by atoms with Gasteiger partial charge in [-0.05, 0) is 61.9 Å². The predicted molar refractivity (Wildman–Crippen MR) is 107 cm³/mol. The number of aromatic nitrogens is 1. The number of hydrogen-bond donors (Lipinski definition) is 0. The van der Waals surface area contributed by atoms with Crippen LogP contribution in [0.4, 0.5) is 25.8 Å². The molecule has 0 radical (unpaired) electrons. The van der Waals surface area contributed by atoms with Crippen molar-refractivity contribution in [1.82, 2.24) is 4.98 Å². The quantitative estimate of drug-likeness (QED) is 0.643. The Labute approximate surface area is 167 Å². The maximum absolute atomic E-state index is 14.0. The minimum Gasteiger partial charge on any atom is -0.481 e. The van der Waals surface area contributed by atoms with E-state index in [4.69, 9.17) is 4.74 Å². The molecule has 0 unspecified atom stereocenters. The van der Waals surface area contributed by atoms with Crippen LogP contribution in [0.3, 0.4) is 0 Å². The Morgan fingerprint density at radius 2 is 1.55 bits per heavy atom. The third-order valence-electron chi connectivity index (χ3n) is 4.99.